The molecule has 2 N–H and O–H groups in total. The highest BCUT2D eigenvalue weighted by molar-refractivity contribution is 9.10. The van der Waals surface area contributed by atoms with E-state index < -0.39 is 0 Å². The Labute approximate surface area is 109 Å². The van der Waals surface area contributed by atoms with Crippen LogP contribution < -0.4 is 10.5 Å². The molecular weight excluding hydrogens is 280 g/mol. The summed E-state index contributed by atoms with van der Waals surface area (Å²) in [6, 6.07) is 11.4. The van der Waals surface area contributed by atoms with Gasteiger partial charge >= 0.3 is 0 Å². The Balaban J connectivity index is 2.28. The number of para-hydroxylation sites is 1. The van der Waals surface area contributed by atoms with E-state index in [2.05, 4.69) is 20.9 Å². The van der Waals surface area contributed by atoms with Gasteiger partial charge in [0.15, 0.2) is 0 Å². The molecule has 0 bridgehead atoms. The second-order valence-corrected chi connectivity index (χ2v) is 4.48. The molecule has 0 unspecified atom stereocenters. The summed E-state index contributed by atoms with van der Waals surface area (Å²) >= 11 is 3.40. The number of nitrogens with zero attached hydrogens (tertiary/aromatic N) is 1. The molecule has 1 heterocycles. The van der Waals surface area contributed by atoms with Crippen molar-refractivity contribution in [3.8, 4) is 11.6 Å². The predicted molar refractivity (Wildman–Crippen MR) is 71.1 cm³/mol. The van der Waals surface area contributed by atoms with E-state index in [1.54, 1.807) is 0 Å². The lowest BCUT2D eigenvalue weighted by Gasteiger charge is -2.09. The Hall–Kier alpha value is -1.39. The maximum atomic E-state index is 5.72. The Morgan fingerprint density at radius 2 is 2.00 bits per heavy atom. The van der Waals surface area contributed by atoms with Crippen LogP contribution in [0.15, 0.2) is 40.9 Å². The van der Waals surface area contributed by atoms with Gasteiger partial charge in [0.1, 0.15) is 5.75 Å². The summed E-state index contributed by atoms with van der Waals surface area (Å²) in [5, 5.41) is 0. The summed E-state index contributed by atoms with van der Waals surface area (Å²) in [6.07, 6.45) is 0. The number of hydrogen-bond acceptors (Lipinski definition) is 3. The molecule has 17 heavy (non-hydrogen) atoms. The molecule has 0 aliphatic carbocycles. The lowest BCUT2D eigenvalue weighted by atomic mass is 10.2. The third-order valence-corrected chi connectivity index (χ3v) is 3.24. The molecule has 1 aromatic carbocycles. The van der Waals surface area contributed by atoms with Crippen molar-refractivity contribution in [2.75, 3.05) is 0 Å². The quantitative estimate of drug-likeness (QED) is 0.943. The fourth-order valence-corrected chi connectivity index (χ4v) is 1.68. The minimum atomic E-state index is 0.450. The average Bonchev–Trinajstić information content (AvgIpc) is 2.34. The number of rotatable bonds is 3. The highest BCUT2D eigenvalue weighted by Gasteiger charge is 2.05. The zero-order valence-corrected chi connectivity index (χ0v) is 11.1. The van der Waals surface area contributed by atoms with E-state index >= 15 is 0 Å². The molecule has 0 aliphatic rings. The molecule has 88 valence electrons. The molecule has 0 saturated carbocycles. The molecule has 2 rings (SSSR count). The van der Waals surface area contributed by atoms with Crippen molar-refractivity contribution in [2.45, 2.75) is 13.5 Å². The highest BCUT2D eigenvalue weighted by atomic mass is 79.9. The van der Waals surface area contributed by atoms with Crippen LogP contribution in [-0.2, 0) is 6.54 Å². The number of aryl methyl sites for hydroxylation is 1. The standard InChI is InChI=1S/C13H13BrN2O/c1-9-11(14)6-7-13(16-9)17-12-5-3-2-4-10(12)8-15/h2-7H,8,15H2,1H3. The van der Waals surface area contributed by atoms with E-state index in [1.165, 1.54) is 0 Å². The van der Waals surface area contributed by atoms with Crippen LogP contribution in [0.5, 0.6) is 11.6 Å². The van der Waals surface area contributed by atoms with E-state index in [0.29, 0.717) is 12.4 Å². The maximum Gasteiger partial charge on any atom is 0.219 e. The fraction of sp³-hybridized carbons (Fsp3) is 0.154. The van der Waals surface area contributed by atoms with E-state index in [4.69, 9.17) is 10.5 Å². The van der Waals surface area contributed by atoms with Crippen molar-refractivity contribution in [1.29, 1.82) is 0 Å². The van der Waals surface area contributed by atoms with Crippen LogP contribution in [0.4, 0.5) is 0 Å². The summed E-state index contributed by atoms with van der Waals surface area (Å²) in [7, 11) is 0. The van der Waals surface area contributed by atoms with Crippen molar-refractivity contribution < 1.29 is 4.74 Å². The van der Waals surface area contributed by atoms with Crippen molar-refractivity contribution in [1.82, 2.24) is 4.98 Å². The number of hydrogen-bond donors (Lipinski definition) is 1. The third-order valence-electron chi connectivity index (χ3n) is 2.40. The predicted octanol–water partition coefficient (Wildman–Crippen LogP) is 3.40. The highest BCUT2D eigenvalue weighted by Crippen LogP contribution is 2.25. The van der Waals surface area contributed by atoms with E-state index in [0.717, 1.165) is 21.5 Å². The molecule has 0 spiro atoms. The Bertz CT molecular complexity index is 529. The average molecular weight is 293 g/mol. The molecule has 4 heteroatoms. The minimum Gasteiger partial charge on any atom is -0.439 e. The van der Waals surface area contributed by atoms with Crippen LogP contribution in [0.25, 0.3) is 0 Å². The smallest absolute Gasteiger partial charge is 0.219 e. The second kappa shape index (κ2) is 5.29. The molecule has 0 radical (unpaired) electrons. The lowest BCUT2D eigenvalue weighted by molar-refractivity contribution is 0.456. The van der Waals surface area contributed by atoms with Gasteiger partial charge in [-0.3, -0.25) is 0 Å². The molecule has 0 amide bonds. The zero-order chi connectivity index (χ0) is 12.3. The molecule has 3 nitrogen and oxygen atoms in total. The van der Waals surface area contributed by atoms with E-state index in [9.17, 15) is 0 Å². The molecular formula is C13H13BrN2O. The van der Waals surface area contributed by atoms with Crippen molar-refractivity contribution in [3.05, 3.63) is 52.1 Å². The number of nitrogens with two attached hydrogens (primary N) is 1. The van der Waals surface area contributed by atoms with Crippen LogP contribution in [0, 0.1) is 6.92 Å². The summed E-state index contributed by atoms with van der Waals surface area (Å²) in [4.78, 5) is 4.33. The van der Waals surface area contributed by atoms with Gasteiger partial charge in [-0.05, 0) is 35.0 Å². The largest absolute Gasteiger partial charge is 0.439 e. The SMILES string of the molecule is Cc1nc(Oc2ccccc2CN)ccc1Br. The molecule has 0 atom stereocenters. The second-order valence-electron chi connectivity index (χ2n) is 3.63. The Kier molecular flexibility index (Phi) is 3.76. The topological polar surface area (TPSA) is 48.1 Å². The van der Waals surface area contributed by atoms with Gasteiger partial charge in [0.25, 0.3) is 0 Å². The van der Waals surface area contributed by atoms with Crippen LogP contribution >= 0.6 is 15.9 Å². The van der Waals surface area contributed by atoms with Crippen LogP contribution in [0.3, 0.4) is 0 Å². The van der Waals surface area contributed by atoms with Gasteiger partial charge in [-0.15, -0.1) is 0 Å². The molecule has 0 aliphatic heterocycles. The summed E-state index contributed by atoms with van der Waals surface area (Å²) < 4.78 is 6.69. The number of halogens is 1. The first-order valence-electron chi connectivity index (χ1n) is 5.29. The van der Waals surface area contributed by atoms with Gasteiger partial charge in [0.05, 0.1) is 5.69 Å². The monoisotopic (exact) mass is 292 g/mol. The van der Waals surface area contributed by atoms with Gasteiger partial charge in [0, 0.05) is 22.6 Å². The van der Waals surface area contributed by atoms with E-state index in [1.807, 2.05) is 43.3 Å². The van der Waals surface area contributed by atoms with Gasteiger partial charge in [-0.25, -0.2) is 4.98 Å². The normalized spacial score (nSPS) is 10.3. The van der Waals surface area contributed by atoms with Gasteiger partial charge in [-0.2, -0.15) is 0 Å². The number of pyridine rings is 1. The summed E-state index contributed by atoms with van der Waals surface area (Å²) in [5.74, 6) is 1.33. The van der Waals surface area contributed by atoms with Gasteiger partial charge in [-0.1, -0.05) is 18.2 Å². The molecule has 1 aromatic heterocycles. The van der Waals surface area contributed by atoms with Crippen molar-refractivity contribution in [2.24, 2.45) is 5.73 Å². The van der Waals surface area contributed by atoms with Gasteiger partial charge < -0.3 is 10.5 Å². The third kappa shape index (κ3) is 2.84. The number of benzene rings is 1. The Morgan fingerprint density at radius 1 is 1.24 bits per heavy atom. The zero-order valence-electron chi connectivity index (χ0n) is 9.48. The first-order chi connectivity index (χ1) is 8.20. The summed E-state index contributed by atoms with van der Waals surface area (Å²) in [6.45, 7) is 2.37. The summed E-state index contributed by atoms with van der Waals surface area (Å²) in [5.41, 5.74) is 7.51. The number of aromatic nitrogens is 1. The first kappa shape index (κ1) is 12.1. The fourth-order valence-electron chi connectivity index (χ4n) is 1.46. The number of ether oxygens (including phenoxy) is 1. The van der Waals surface area contributed by atoms with Crippen LogP contribution in [0.2, 0.25) is 0 Å². The van der Waals surface area contributed by atoms with Crippen molar-refractivity contribution in [3.63, 3.8) is 0 Å². The van der Waals surface area contributed by atoms with Crippen LogP contribution in [0.1, 0.15) is 11.3 Å². The van der Waals surface area contributed by atoms with E-state index in [-0.39, 0.29) is 0 Å². The minimum absolute atomic E-state index is 0.450. The lowest BCUT2D eigenvalue weighted by Crippen LogP contribution is -2.00. The molecule has 0 fully saturated rings. The molecule has 2 aromatic rings. The molecule has 0 saturated heterocycles. The maximum absolute atomic E-state index is 5.72. The first-order valence-corrected chi connectivity index (χ1v) is 6.09. The van der Waals surface area contributed by atoms with Crippen LogP contribution in [-0.4, -0.2) is 4.98 Å². The van der Waals surface area contributed by atoms with Gasteiger partial charge in [0.2, 0.25) is 5.88 Å². The van der Waals surface area contributed by atoms with Crippen molar-refractivity contribution >= 4 is 15.9 Å². The Morgan fingerprint density at radius 3 is 2.71 bits per heavy atom.